The van der Waals surface area contributed by atoms with Gasteiger partial charge in [0.15, 0.2) is 0 Å². The van der Waals surface area contributed by atoms with E-state index in [4.69, 9.17) is 8.94 Å². The molecule has 1 N–H and O–H groups in total. The smallest absolute Gasteiger partial charge is 0.349 e. The van der Waals surface area contributed by atoms with Crippen molar-refractivity contribution in [1.29, 1.82) is 0 Å². The predicted octanol–water partition coefficient (Wildman–Crippen LogP) is 3.62. The van der Waals surface area contributed by atoms with E-state index < -0.39 is 5.63 Å². The number of nitrogens with zero attached hydrogens (tertiary/aromatic N) is 1. The molecule has 2 heterocycles. The minimum atomic E-state index is -0.644. The molecule has 0 atom stereocenters. The van der Waals surface area contributed by atoms with E-state index in [1.165, 1.54) is 0 Å². The lowest BCUT2D eigenvalue weighted by molar-refractivity contribution is 0.398. The standard InChI is InChI=1S/C17H11NO4/c1-9-8-13(18-22-9)14-15(19)12-7-6-10-4-2-3-5-11(10)16(12)21-17(14)20/h2-8,19H,1H3. The maximum Gasteiger partial charge on any atom is 0.349 e. The van der Waals surface area contributed by atoms with Crippen LogP contribution in [0.5, 0.6) is 5.75 Å². The van der Waals surface area contributed by atoms with Crippen molar-refractivity contribution >= 4 is 21.7 Å². The van der Waals surface area contributed by atoms with Gasteiger partial charge in [0.25, 0.3) is 0 Å². The van der Waals surface area contributed by atoms with Crippen LogP contribution in [0, 0.1) is 6.92 Å². The first-order valence-electron chi connectivity index (χ1n) is 6.76. The Kier molecular flexibility index (Phi) is 2.56. The Bertz CT molecular complexity index is 1080. The lowest BCUT2D eigenvalue weighted by atomic mass is 10.0. The first kappa shape index (κ1) is 12.6. The van der Waals surface area contributed by atoms with E-state index in [0.29, 0.717) is 16.7 Å². The van der Waals surface area contributed by atoms with Gasteiger partial charge in [-0.1, -0.05) is 35.5 Å². The molecule has 4 rings (SSSR count). The Labute approximate surface area is 124 Å². The largest absolute Gasteiger partial charge is 0.506 e. The van der Waals surface area contributed by atoms with E-state index in [0.717, 1.165) is 10.8 Å². The summed E-state index contributed by atoms with van der Waals surface area (Å²) in [6, 6.07) is 12.7. The second-order valence-corrected chi connectivity index (χ2v) is 5.10. The van der Waals surface area contributed by atoms with Gasteiger partial charge in [0.05, 0.1) is 5.39 Å². The highest BCUT2D eigenvalue weighted by molar-refractivity contribution is 6.07. The Morgan fingerprint density at radius 3 is 2.68 bits per heavy atom. The predicted molar refractivity (Wildman–Crippen MR) is 81.9 cm³/mol. The third-order valence-electron chi connectivity index (χ3n) is 3.65. The quantitative estimate of drug-likeness (QED) is 0.428. The van der Waals surface area contributed by atoms with Gasteiger partial charge in [0.2, 0.25) is 0 Å². The van der Waals surface area contributed by atoms with Gasteiger partial charge in [0.1, 0.15) is 28.4 Å². The van der Waals surface area contributed by atoms with Crippen molar-refractivity contribution in [1.82, 2.24) is 5.16 Å². The Balaban J connectivity index is 2.14. The van der Waals surface area contributed by atoms with Crippen LogP contribution in [-0.2, 0) is 0 Å². The zero-order valence-corrected chi connectivity index (χ0v) is 11.7. The van der Waals surface area contributed by atoms with Crippen molar-refractivity contribution in [2.24, 2.45) is 0 Å². The highest BCUT2D eigenvalue weighted by Crippen LogP contribution is 2.35. The van der Waals surface area contributed by atoms with E-state index >= 15 is 0 Å². The maximum atomic E-state index is 12.3. The number of aryl methyl sites for hydroxylation is 1. The number of hydrogen-bond acceptors (Lipinski definition) is 5. The van der Waals surface area contributed by atoms with E-state index in [2.05, 4.69) is 5.16 Å². The van der Waals surface area contributed by atoms with Crippen LogP contribution >= 0.6 is 0 Å². The van der Waals surface area contributed by atoms with Gasteiger partial charge in [-0.05, 0) is 18.4 Å². The van der Waals surface area contributed by atoms with Crippen LogP contribution in [0.4, 0.5) is 0 Å². The molecule has 0 aliphatic rings. The molecule has 22 heavy (non-hydrogen) atoms. The van der Waals surface area contributed by atoms with Crippen molar-refractivity contribution < 1.29 is 14.0 Å². The highest BCUT2D eigenvalue weighted by atomic mass is 16.5. The summed E-state index contributed by atoms with van der Waals surface area (Å²) in [6.07, 6.45) is 0. The van der Waals surface area contributed by atoms with Crippen molar-refractivity contribution in [2.45, 2.75) is 6.92 Å². The minimum absolute atomic E-state index is 0.0135. The lowest BCUT2D eigenvalue weighted by Crippen LogP contribution is -2.04. The molecule has 5 nitrogen and oxygen atoms in total. The molecule has 2 aromatic heterocycles. The van der Waals surface area contributed by atoms with Gasteiger partial charge in [-0.3, -0.25) is 0 Å². The molecule has 0 radical (unpaired) electrons. The molecular formula is C17H11NO4. The Hall–Kier alpha value is -3.08. The normalized spacial score (nSPS) is 11.3. The molecule has 108 valence electrons. The lowest BCUT2D eigenvalue weighted by Gasteiger charge is -2.06. The van der Waals surface area contributed by atoms with Gasteiger partial charge in [-0.15, -0.1) is 0 Å². The molecule has 0 spiro atoms. The molecule has 0 saturated carbocycles. The molecule has 0 bridgehead atoms. The Morgan fingerprint density at radius 1 is 1.09 bits per heavy atom. The summed E-state index contributed by atoms with van der Waals surface area (Å²) < 4.78 is 10.4. The molecule has 0 unspecified atom stereocenters. The molecule has 0 aliphatic carbocycles. The van der Waals surface area contributed by atoms with Crippen LogP contribution < -0.4 is 5.63 Å². The van der Waals surface area contributed by atoms with Crippen LogP contribution in [0.25, 0.3) is 33.0 Å². The second-order valence-electron chi connectivity index (χ2n) is 5.10. The Morgan fingerprint density at radius 2 is 1.91 bits per heavy atom. The van der Waals surface area contributed by atoms with E-state index in [-0.39, 0.29) is 17.0 Å². The van der Waals surface area contributed by atoms with Crippen molar-refractivity contribution in [3.05, 3.63) is 58.6 Å². The molecule has 2 aromatic carbocycles. The summed E-state index contributed by atoms with van der Waals surface area (Å²) in [6.45, 7) is 1.71. The van der Waals surface area contributed by atoms with Crippen LogP contribution in [0.15, 0.2) is 56.2 Å². The van der Waals surface area contributed by atoms with Crippen LogP contribution in [-0.4, -0.2) is 10.3 Å². The summed E-state index contributed by atoms with van der Waals surface area (Å²) in [4.78, 5) is 12.3. The van der Waals surface area contributed by atoms with Crippen molar-refractivity contribution in [3.8, 4) is 17.0 Å². The average Bonchev–Trinajstić information content (AvgIpc) is 2.93. The SMILES string of the molecule is Cc1cc(-c2c(O)c3ccc4ccccc4c3oc2=O)no1. The topological polar surface area (TPSA) is 76.5 Å². The summed E-state index contributed by atoms with van der Waals surface area (Å²) in [5, 5.41) is 16.5. The molecule has 4 aromatic rings. The maximum absolute atomic E-state index is 12.3. The van der Waals surface area contributed by atoms with E-state index in [1.807, 2.05) is 30.3 Å². The molecule has 5 heteroatoms. The summed E-state index contributed by atoms with van der Waals surface area (Å²) in [5.41, 5.74) is -0.00217. The van der Waals surface area contributed by atoms with Gasteiger partial charge < -0.3 is 14.0 Å². The third-order valence-corrected chi connectivity index (χ3v) is 3.65. The number of aromatic hydroxyl groups is 1. The number of benzene rings is 2. The van der Waals surface area contributed by atoms with Gasteiger partial charge in [0, 0.05) is 11.5 Å². The number of aromatic nitrogens is 1. The van der Waals surface area contributed by atoms with Crippen molar-refractivity contribution in [3.63, 3.8) is 0 Å². The molecule has 0 amide bonds. The fourth-order valence-corrected chi connectivity index (χ4v) is 2.62. The monoisotopic (exact) mass is 293 g/mol. The van der Waals surface area contributed by atoms with Gasteiger partial charge in [-0.25, -0.2) is 4.79 Å². The molecule has 0 aliphatic heterocycles. The van der Waals surface area contributed by atoms with Crippen LogP contribution in [0.2, 0.25) is 0 Å². The van der Waals surface area contributed by atoms with Gasteiger partial charge in [-0.2, -0.15) is 0 Å². The summed E-state index contributed by atoms with van der Waals surface area (Å²) in [7, 11) is 0. The molecule has 0 saturated heterocycles. The fourth-order valence-electron chi connectivity index (χ4n) is 2.62. The van der Waals surface area contributed by atoms with E-state index in [1.54, 1.807) is 19.1 Å². The van der Waals surface area contributed by atoms with Gasteiger partial charge >= 0.3 is 5.63 Å². The number of rotatable bonds is 1. The highest BCUT2D eigenvalue weighted by Gasteiger charge is 2.19. The fraction of sp³-hybridized carbons (Fsp3) is 0.0588. The zero-order chi connectivity index (χ0) is 15.3. The zero-order valence-electron chi connectivity index (χ0n) is 11.7. The molecule has 0 fully saturated rings. The van der Waals surface area contributed by atoms with Crippen molar-refractivity contribution in [2.75, 3.05) is 0 Å². The van der Waals surface area contributed by atoms with Crippen LogP contribution in [0.1, 0.15) is 5.76 Å². The second kappa shape index (κ2) is 4.46. The first-order valence-corrected chi connectivity index (χ1v) is 6.76. The third kappa shape index (κ3) is 1.72. The number of fused-ring (bicyclic) bond motifs is 3. The summed E-state index contributed by atoms with van der Waals surface area (Å²) in [5.74, 6) is 0.401. The summed E-state index contributed by atoms with van der Waals surface area (Å²) >= 11 is 0. The van der Waals surface area contributed by atoms with E-state index in [9.17, 15) is 9.90 Å². The average molecular weight is 293 g/mol. The minimum Gasteiger partial charge on any atom is -0.506 e. The first-order chi connectivity index (χ1) is 10.6. The van der Waals surface area contributed by atoms with Crippen LogP contribution in [0.3, 0.4) is 0 Å². The molecular weight excluding hydrogens is 282 g/mol. The number of hydrogen-bond donors (Lipinski definition) is 1.